The van der Waals surface area contributed by atoms with Gasteiger partial charge in [-0.3, -0.25) is 10.1 Å². The lowest BCUT2D eigenvalue weighted by Crippen LogP contribution is -2.03. The molecule has 0 aliphatic carbocycles. The third-order valence-electron chi connectivity index (χ3n) is 2.80. The SMILES string of the molecule is CCCn1cnnc1CCSc1ccc([N+](=O)[O-])cc1. The summed E-state index contributed by atoms with van der Waals surface area (Å²) in [4.78, 5) is 11.2. The highest BCUT2D eigenvalue weighted by molar-refractivity contribution is 7.99. The molecule has 1 heterocycles. The van der Waals surface area contributed by atoms with Gasteiger partial charge in [0.15, 0.2) is 0 Å². The smallest absolute Gasteiger partial charge is 0.269 e. The van der Waals surface area contributed by atoms with Crippen LogP contribution in [-0.2, 0) is 13.0 Å². The first-order valence-electron chi connectivity index (χ1n) is 6.44. The fourth-order valence-electron chi connectivity index (χ4n) is 1.82. The maximum atomic E-state index is 10.6. The maximum absolute atomic E-state index is 10.6. The summed E-state index contributed by atoms with van der Waals surface area (Å²) >= 11 is 1.66. The van der Waals surface area contributed by atoms with Crippen molar-refractivity contribution in [2.24, 2.45) is 0 Å². The Kier molecular flexibility index (Phi) is 5.11. The molecule has 0 fully saturated rings. The number of rotatable bonds is 7. The lowest BCUT2D eigenvalue weighted by atomic mass is 10.3. The van der Waals surface area contributed by atoms with Gasteiger partial charge in [0.1, 0.15) is 12.2 Å². The highest BCUT2D eigenvalue weighted by Crippen LogP contribution is 2.21. The molecule has 2 aromatic rings. The van der Waals surface area contributed by atoms with Crippen molar-refractivity contribution in [1.29, 1.82) is 0 Å². The molecule has 0 spiro atoms. The third-order valence-corrected chi connectivity index (χ3v) is 3.82. The molecule has 0 aliphatic rings. The van der Waals surface area contributed by atoms with Crippen molar-refractivity contribution in [3.63, 3.8) is 0 Å². The van der Waals surface area contributed by atoms with Gasteiger partial charge in [-0.05, 0) is 18.6 Å². The first kappa shape index (κ1) is 14.5. The molecule has 7 heteroatoms. The van der Waals surface area contributed by atoms with E-state index in [0.29, 0.717) is 0 Å². The number of nitro benzene ring substituents is 1. The van der Waals surface area contributed by atoms with Crippen LogP contribution < -0.4 is 0 Å². The van der Waals surface area contributed by atoms with Gasteiger partial charge in [-0.25, -0.2) is 0 Å². The number of thioether (sulfide) groups is 1. The van der Waals surface area contributed by atoms with Crippen LogP contribution in [0.5, 0.6) is 0 Å². The second kappa shape index (κ2) is 7.04. The van der Waals surface area contributed by atoms with E-state index < -0.39 is 0 Å². The minimum atomic E-state index is -0.387. The van der Waals surface area contributed by atoms with Crippen LogP contribution in [0.15, 0.2) is 35.5 Å². The summed E-state index contributed by atoms with van der Waals surface area (Å²) in [5, 5.41) is 18.6. The summed E-state index contributed by atoms with van der Waals surface area (Å²) < 4.78 is 2.07. The van der Waals surface area contributed by atoms with Crippen molar-refractivity contribution in [1.82, 2.24) is 14.8 Å². The van der Waals surface area contributed by atoms with Crippen LogP contribution in [0.2, 0.25) is 0 Å². The van der Waals surface area contributed by atoms with E-state index in [2.05, 4.69) is 21.7 Å². The van der Waals surface area contributed by atoms with Crippen LogP contribution in [0.4, 0.5) is 5.69 Å². The van der Waals surface area contributed by atoms with Crippen LogP contribution >= 0.6 is 11.8 Å². The highest BCUT2D eigenvalue weighted by atomic mass is 32.2. The van der Waals surface area contributed by atoms with E-state index in [9.17, 15) is 10.1 Å². The lowest BCUT2D eigenvalue weighted by molar-refractivity contribution is -0.384. The van der Waals surface area contributed by atoms with Crippen molar-refractivity contribution < 1.29 is 4.92 Å². The molecule has 0 atom stereocenters. The quantitative estimate of drug-likeness (QED) is 0.445. The molecule has 2 rings (SSSR count). The van der Waals surface area contributed by atoms with Gasteiger partial charge in [-0.1, -0.05) is 6.92 Å². The zero-order chi connectivity index (χ0) is 14.4. The molecule has 6 nitrogen and oxygen atoms in total. The van der Waals surface area contributed by atoms with Gasteiger partial charge in [0.25, 0.3) is 5.69 Å². The third kappa shape index (κ3) is 3.80. The van der Waals surface area contributed by atoms with Crippen molar-refractivity contribution in [2.75, 3.05) is 5.75 Å². The molecule has 1 aromatic carbocycles. The predicted octanol–water partition coefficient (Wildman–Crippen LogP) is 2.93. The minimum Gasteiger partial charge on any atom is -0.318 e. The van der Waals surface area contributed by atoms with Crippen LogP contribution in [0.3, 0.4) is 0 Å². The fourth-order valence-corrected chi connectivity index (χ4v) is 2.67. The molecule has 0 saturated heterocycles. The molecule has 0 bridgehead atoms. The molecular weight excluding hydrogens is 276 g/mol. The number of nitrogens with zero attached hydrogens (tertiary/aromatic N) is 4. The Morgan fingerprint density at radius 3 is 2.75 bits per heavy atom. The molecule has 0 amide bonds. The van der Waals surface area contributed by atoms with E-state index in [0.717, 1.165) is 35.9 Å². The van der Waals surface area contributed by atoms with E-state index in [1.165, 1.54) is 12.1 Å². The second-order valence-corrected chi connectivity index (χ2v) is 5.46. The number of aromatic nitrogens is 3. The Morgan fingerprint density at radius 1 is 1.35 bits per heavy atom. The Balaban J connectivity index is 1.86. The zero-order valence-electron chi connectivity index (χ0n) is 11.2. The van der Waals surface area contributed by atoms with Gasteiger partial charge < -0.3 is 4.57 Å². The Labute approximate surface area is 121 Å². The first-order chi connectivity index (χ1) is 9.70. The van der Waals surface area contributed by atoms with Crippen LogP contribution in [-0.4, -0.2) is 25.4 Å². The Morgan fingerprint density at radius 2 is 2.10 bits per heavy atom. The van der Waals surface area contributed by atoms with Gasteiger partial charge in [-0.15, -0.1) is 22.0 Å². The summed E-state index contributed by atoms with van der Waals surface area (Å²) in [7, 11) is 0. The lowest BCUT2D eigenvalue weighted by Gasteiger charge is -2.04. The molecule has 0 saturated carbocycles. The number of benzene rings is 1. The van der Waals surface area contributed by atoms with Gasteiger partial charge in [0, 0.05) is 35.7 Å². The minimum absolute atomic E-state index is 0.122. The monoisotopic (exact) mass is 292 g/mol. The van der Waals surface area contributed by atoms with E-state index in [4.69, 9.17) is 0 Å². The molecule has 20 heavy (non-hydrogen) atoms. The van der Waals surface area contributed by atoms with Gasteiger partial charge in [0.05, 0.1) is 4.92 Å². The van der Waals surface area contributed by atoms with Crippen LogP contribution in [0.1, 0.15) is 19.2 Å². The fraction of sp³-hybridized carbons (Fsp3) is 0.385. The number of hydrogen-bond donors (Lipinski definition) is 0. The number of nitro groups is 1. The largest absolute Gasteiger partial charge is 0.318 e. The van der Waals surface area contributed by atoms with Crippen molar-refractivity contribution in [3.8, 4) is 0 Å². The molecule has 0 N–H and O–H groups in total. The molecule has 0 aliphatic heterocycles. The standard InChI is InChI=1S/C13H16N4O2S/c1-2-8-16-10-14-15-13(16)7-9-20-12-5-3-11(4-6-12)17(18)19/h3-6,10H,2,7-9H2,1H3. The number of hydrogen-bond acceptors (Lipinski definition) is 5. The number of aryl methyl sites for hydroxylation is 2. The van der Waals surface area contributed by atoms with Crippen molar-refractivity contribution in [2.45, 2.75) is 31.2 Å². The Hall–Kier alpha value is -1.89. The summed E-state index contributed by atoms with van der Waals surface area (Å²) in [5.74, 6) is 1.86. The summed E-state index contributed by atoms with van der Waals surface area (Å²) in [6.45, 7) is 3.06. The van der Waals surface area contributed by atoms with Crippen LogP contribution in [0, 0.1) is 10.1 Å². The van der Waals surface area contributed by atoms with E-state index in [-0.39, 0.29) is 10.6 Å². The van der Waals surface area contributed by atoms with Gasteiger partial charge in [-0.2, -0.15) is 0 Å². The second-order valence-electron chi connectivity index (χ2n) is 4.29. The summed E-state index contributed by atoms with van der Waals surface area (Å²) in [6.07, 6.45) is 3.65. The normalized spacial score (nSPS) is 10.7. The highest BCUT2D eigenvalue weighted by Gasteiger charge is 2.06. The summed E-state index contributed by atoms with van der Waals surface area (Å²) in [6, 6.07) is 6.61. The van der Waals surface area contributed by atoms with Crippen LogP contribution in [0.25, 0.3) is 0 Å². The van der Waals surface area contributed by atoms with E-state index >= 15 is 0 Å². The molecule has 0 unspecified atom stereocenters. The first-order valence-corrected chi connectivity index (χ1v) is 7.43. The average Bonchev–Trinajstić information content (AvgIpc) is 2.87. The molecule has 0 radical (unpaired) electrons. The molecule has 106 valence electrons. The van der Waals surface area contributed by atoms with Crippen molar-refractivity contribution >= 4 is 17.4 Å². The van der Waals surface area contributed by atoms with Gasteiger partial charge >= 0.3 is 0 Å². The molecule has 1 aromatic heterocycles. The number of non-ortho nitro benzene ring substituents is 1. The molecular formula is C13H16N4O2S. The van der Waals surface area contributed by atoms with E-state index in [1.807, 2.05) is 0 Å². The van der Waals surface area contributed by atoms with Crippen molar-refractivity contribution in [3.05, 3.63) is 46.5 Å². The van der Waals surface area contributed by atoms with E-state index in [1.54, 1.807) is 30.2 Å². The average molecular weight is 292 g/mol. The maximum Gasteiger partial charge on any atom is 0.269 e. The topological polar surface area (TPSA) is 73.8 Å². The van der Waals surface area contributed by atoms with Gasteiger partial charge in [0.2, 0.25) is 0 Å². The zero-order valence-corrected chi connectivity index (χ0v) is 12.0. The summed E-state index contributed by atoms with van der Waals surface area (Å²) in [5.41, 5.74) is 0.122. The predicted molar refractivity (Wildman–Crippen MR) is 77.8 cm³/mol. The Bertz CT molecular complexity index is 568.